The Balaban J connectivity index is 1.30. The molecule has 1 N–H and O–H groups in total. The standard InChI is InChI=1S/C35H45NO11/c1-18-16-19(2)35-23(10-11-24-26(35)27(37)20(3)29(30(24)47-35)46-32(39)22-8-6-7-9-22)17-25(42-5)33(40)45-28(18)21(4)44-34(41)31(38)36-12-14-43-15-13-36/h6-8,10-11,16,18,20-21,23-30,37H,9,12-15,17H2,1-5H3/b19-16+/t18-,20-,21-,23-,24?,25+,26?,27?,28+,29-,30-,35+/m1/s1. The van der Waals surface area contributed by atoms with E-state index in [2.05, 4.69) is 0 Å². The number of rotatable bonds is 5. The van der Waals surface area contributed by atoms with Crippen molar-refractivity contribution < 1.29 is 52.7 Å². The van der Waals surface area contributed by atoms with E-state index in [4.69, 9.17) is 28.4 Å². The summed E-state index contributed by atoms with van der Waals surface area (Å²) < 4.78 is 35.6. The molecule has 0 radical (unpaired) electrons. The highest BCUT2D eigenvalue weighted by Crippen LogP contribution is 2.61. The molecule has 1 saturated carbocycles. The van der Waals surface area contributed by atoms with Crippen molar-refractivity contribution in [2.75, 3.05) is 33.4 Å². The second-order valence-corrected chi connectivity index (χ2v) is 13.6. The molecule has 6 aliphatic rings. The first-order valence-electron chi connectivity index (χ1n) is 16.6. The highest BCUT2D eigenvalue weighted by atomic mass is 16.6. The molecule has 4 bridgehead atoms. The lowest BCUT2D eigenvalue weighted by atomic mass is 9.57. The molecule has 3 heterocycles. The Hall–Kier alpha value is -3.32. The van der Waals surface area contributed by atoms with Crippen molar-refractivity contribution in [3.63, 3.8) is 0 Å². The average molecular weight is 656 g/mol. The third-order valence-electron chi connectivity index (χ3n) is 10.9. The van der Waals surface area contributed by atoms with Gasteiger partial charge in [0.25, 0.3) is 0 Å². The van der Waals surface area contributed by atoms with Gasteiger partial charge in [0.15, 0.2) is 6.10 Å². The van der Waals surface area contributed by atoms with Gasteiger partial charge in [-0.05, 0) is 32.3 Å². The third-order valence-corrected chi connectivity index (χ3v) is 10.9. The van der Waals surface area contributed by atoms with Crippen molar-refractivity contribution >= 4 is 23.8 Å². The summed E-state index contributed by atoms with van der Waals surface area (Å²) in [6.07, 6.45) is 7.12. The fraction of sp³-hybridized carbons (Fsp3) is 0.657. The second kappa shape index (κ2) is 13.3. The van der Waals surface area contributed by atoms with Crippen LogP contribution in [-0.4, -0.2) is 109 Å². The Morgan fingerprint density at radius 2 is 1.89 bits per heavy atom. The summed E-state index contributed by atoms with van der Waals surface area (Å²) in [4.78, 5) is 53.8. The first-order valence-corrected chi connectivity index (χ1v) is 16.6. The fourth-order valence-electron chi connectivity index (χ4n) is 8.47. The number of hydrogen-bond donors (Lipinski definition) is 1. The maximum atomic E-state index is 13.6. The summed E-state index contributed by atoms with van der Waals surface area (Å²) in [5.74, 6) is -4.75. The van der Waals surface area contributed by atoms with Crippen molar-refractivity contribution in [1.29, 1.82) is 0 Å². The number of allylic oxidation sites excluding steroid dienone is 3. The number of carbonyl (C=O) groups is 4. The largest absolute Gasteiger partial charge is 0.456 e. The van der Waals surface area contributed by atoms with E-state index in [1.54, 1.807) is 13.0 Å². The van der Waals surface area contributed by atoms with Gasteiger partial charge < -0.3 is 38.4 Å². The minimum Gasteiger partial charge on any atom is -0.456 e. The predicted octanol–water partition coefficient (Wildman–Crippen LogP) is 2.05. The van der Waals surface area contributed by atoms with Crippen LogP contribution in [0.3, 0.4) is 0 Å². The van der Waals surface area contributed by atoms with E-state index in [0.717, 1.165) is 5.57 Å². The van der Waals surface area contributed by atoms with Crippen LogP contribution in [0.1, 0.15) is 40.5 Å². The fourth-order valence-corrected chi connectivity index (χ4v) is 8.47. The SMILES string of the molecule is CO[C@H]1C[C@H]2C=CC3C4C(O)[C@@H](C)[C@@H](OC(=O)C5=CC=CC5)[C@@H]3O[C@]42/C(C)=C/[C@@H](C)[C@@H]([C@@H](C)OC(=O)C(=O)N2CCOCC2)OC1=O. The Labute approximate surface area is 274 Å². The number of cyclic esters (lactones) is 1. The van der Waals surface area contributed by atoms with Crippen molar-refractivity contribution in [2.24, 2.45) is 29.6 Å². The van der Waals surface area contributed by atoms with Gasteiger partial charge >= 0.3 is 23.8 Å². The van der Waals surface area contributed by atoms with E-state index >= 15 is 0 Å². The van der Waals surface area contributed by atoms with Crippen LogP contribution < -0.4 is 0 Å². The molecular formula is C35H45NO11. The lowest BCUT2D eigenvalue weighted by Crippen LogP contribution is -2.57. The molecule has 3 unspecified atom stereocenters. The summed E-state index contributed by atoms with van der Waals surface area (Å²) in [5.41, 5.74) is 0.337. The predicted molar refractivity (Wildman–Crippen MR) is 165 cm³/mol. The minimum atomic E-state index is -1.04. The van der Waals surface area contributed by atoms with Crippen molar-refractivity contribution in [3.05, 3.63) is 47.6 Å². The van der Waals surface area contributed by atoms with Gasteiger partial charge in [-0.2, -0.15) is 0 Å². The number of aliphatic hydroxyl groups excluding tert-OH is 1. The summed E-state index contributed by atoms with van der Waals surface area (Å²) >= 11 is 0. The molecule has 3 fully saturated rings. The molecule has 12 atom stereocenters. The highest BCUT2D eigenvalue weighted by molar-refractivity contribution is 6.32. The van der Waals surface area contributed by atoms with Gasteiger partial charge in [0, 0.05) is 55.4 Å². The van der Waals surface area contributed by atoms with E-state index in [0.29, 0.717) is 25.2 Å². The van der Waals surface area contributed by atoms with Gasteiger partial charge in [-0.15, -0.1) is 0 Å². The monoisotopic (exact) mass is 655 g/mol. The molecule has 0 aromatic rings. The number of nitrogens with zero attached hydrogens (tertiary/aromatic N) is 1. The molecule has 3 aliphatic carbocycles. The van der Waals surface area contributed by atoms with Gasteiger partial charge in [-0.1, -0.05) is 50.3 Å². The molecule has 6 rings (SSSR count). The van der Waals surface area contributed by atoms with Gasteiger partial charge in [-0.3, -0.25) is 4.79 Å². The number of methoxy groups -OCH3 is 1. The molecule has 12 heteroatoms. The first-order chi connectivity index (χ1) is 22.5. The van der Waals surface area contributed by atoms with E-state index in [9.17, 15) is 24.3 Å². The van der Waals surface area contributed by atoms with Crippen molar-refractivity contribution in [3.8, 4) is 0 Å². The summed E-state index contributed by atoms with van der Waals surface area (Å²) in [7, 11) is 1.43. The molecule has 1 amide bonds. The number of morpholine rings is 1. The lowest BCUT2D eigenvalue weighted by Gasteiger charge is -2.49. The molecule has 3 aliphatic heterocycles. The Morgan fingerprint density at radius 3 is 2.57 bits per heavy atom. The lowest BCUT2D eigenvalue weighted by molar-refractivity contribution is -0.182. The van der Waals surface area contributed by atoms with Crippen LogP contribution in [0.25, 0.3) is 0 Å². The van der Waals surface area contributed by atoms with E-state index in [-0.39, 0.29) is 37.3 Å². The topological polar surface area (TPSA) is 147 Å². The summed E-state index contributed by atoms with van der Waals surface area (Å²) in [6.45, 7) is 8.50. The van der Waals surface area contributed by atoms with E-state index in [1.807, 2.05) is 51.2 Å². The Bertz CT molecular complexity index is 1400. The zero-order valence-corrected chi connectivity index (χ0v) is 27.5. The third kappa shape index (κ3) is 5.87. The van der Waals surface area contributed by atoms with Gasteiger partial charge in [0.05, 0.1) is 19.3 Å². The zero-order valence-electron chi connectivity index (χ0n) is 27.5. The minimum absolute atomic E-state index is 0.196. The summed E-state index contributed by atoms with van der Waals surface area (Å²) in [5, 5.41) is 11.9. The average Bonchev–Trinajstić information content (AvgIpc) is 3.67. The van der Waals surface area contributed by atoms with Crippen LogP contribution in [-0.2, 0) is 47.6 Å². The van der Waals surface area contributed by atoms with Crippen LogP contribution in [0.15, 0.2) is 47.6 Å². The van der Waals surface area contributed by atoms with Gasteiger partial charge in [-0.25, -0.2) is 14.4 Å². The van der Waals surface area contributed by atoms with Crippen molar-refractivity contribution in [2.45, 2.75) is 82.8 Å². The van der Waals surface area contributed by atoms with Gasteiger partial charge in [0.1, 0.15) is 30.0 Å². The quantitative estimate of drug-likeness (QED) is 0.201. The van der Waals surface area contributed by atoms with Crippen LogP contribution >= 0.6 is 0 Å². The number of esters is 3. The van der Waals surface area contributed by atoms with Crippen LogP contribution in [0.5, 0.6) is 0 Å². The van der Waals surface area contributed by atoms with E-state index in [1.165, 1.54) is 12.0 Å². The number of hydrogen-bond acceptors (Lipinski definition) is 11. The van der Waals surface area contributed by atoms with Gasteiger partial charge in [0.2, 0.25) is 0 Å². The zero-order chi connectivity index (χ0) is 33.6. The normalized spacial score (nSPS) is 41.1. The number of aliphatic hydroxyl groups is 1. The van der Waals surface area contributed by atoms with Crippen LogP contribution in [0.4, 0.5) is 0 Å². The Morgan fingerprint density at radius 1 is 1.15 bits per heavy atom. The molecule has 0 aromatic carbocycles. The number of amides is 1. The molecule has 47 heavy (non-hydrogen) atoms. The molecule has 2 saturated heterocycles. The second-order valence-electron chi connectivity index (χ2n) is 13.6. The highest BCUT2D eigenvalue weighted by Gasteiger charge is 2.69. The molecule has 12 nitrogen and oxygen atoms in total. The number of carbonyl (C=O) groups excluding carboxylic acids is 4. The summed E-state index contributed by atoms with van der Waals surface area (Å²) in [6, 6.07) is 0. The smallest absolute Gasteiger partial charge is 0.397 e. The van der Waals surface area contributed by atoms with E-state index < -0.39 is 77.9 Å². The first kappa shape index (κ1) is 33.6. The maximum absolute atomic E-state index is 13.6. The van der Waals surface area contributed by atoms with Crippen molar-refractivity contribution in [1.82, 2.24) is 4.90 Å². The van der Waals surface area contributed by atoms with Crippen LogP contribution in [0.2, 0.25) is 0 Å². The maximum Gasteiger partial charge on any atom is 0.397 e. The molecule has 256 valence electrons. The number of ether oxygens (including phenoxy) is 6. The molecule has 0 aromatic heterocycles. The Kier molecular flexibility index (Phi) is 9.50. The molecule has 1 spiro atoms. The van der Waals surface area contributed by atoms with Crippen LogP contribution in [0, 0.1) is 29.6 Å². The molecular weight excluding hydrogens is 610 g/mol.